The van der Waals surface area contributed by atoms with Crippen LogP contribution in [0.3, 0.4) is 0 Å². The van der Waals surface area contributed by atoms with Crippen LogP contribution in [0.4, 0.5) is 0 Å². The third-order valence-corrected chi connectivity index (χ3v) is 8.13. The zero-order chi connectivity index (χ0) is 24.8. The highest BCUT2D eigenvalue weighted by Gasteiger charge is 2.07. The summed E-state index contributed by atoms with van der Waals surface area (Å²) in [5, 5.41) is 0. The number of hydrogen-bond donors (Lipinski definition) is 0. The van der Waals surface area contributed by atoms with Gasteiger partial charge in [-0.15, -0.1) is 0 Å². The molecular formula is C34H70. The molecule has 1 atom stereocenters. The van der Waals surface area contributed by atoms with E-state index in [1.807, 2.05) is 0 Å². The van der Waals surface area contributed by atoms with Crippen molar-refractivity contribution >= 4 is 0 Å². The average molecular weight is 479 g/mol. The molecule has 0 radical (unpaired) electrons. The van der Waals surface area contributed by atoms with Crippen molar-refractivity contribution in [3.05, 3.63) is 0 Å². The van der Waals surface area contributed by atoms with Crippen LogP contribution >= 0.6 is 0 Å². The zero-order valence-electron chi connectivity index (χ0n) is 24.8. The minimum Gasteiger partial charge on any atom is -0.0654 e. The maximum atomic E-state index is 2.39. The van der Waals surface area contributed by atoms with Gasteiger partial charge in [0.2, 0.25) is 0 Å². The van der Waals surface area contributed by atoms with E-state index in [-0.39, 0.29) is 0 Å². The van der Waals surface area contributed by atoms with Crippen molar-refractivity contribution in [3.8, 4) is 0 Å². The van der Waals surface area contributed by atoms with E-state index in [0.717, 1.165) is 5.92 Å². The monoisotopic (exact) mass is 479 g/mol. The molecule has 0 fully saturated rings. The molecule has 0 aliphatic heterocycles. The predicted octanol–water partition coefficient (Wildman–Crippen LogP) is 13.4. The Kier molecular flexibility index (Phi) is 31.0. The summed E-state index contributed by atoms with van der Waals surface area (Å²) in [5.74, 6) is 1.03. The molecule has 0 nitrogen and oxygen atoms in total. The van der Waals surface area contributed by atoms with Crippen LogP contribution in [-0.4, -0.2) is 0 Å². The van der Waals surface area contributed by atoms with Crippen molar-refractivity contribution < 1.29 is 0 Å². The van der Waals surface area contributed by atoms with Gasteiger partial charge in [0.05, 0.1) is 0 Å². The van der Waals surface area contributed by atoms with Crippen LogP contribution in [0.25, 0.3) is 0 Å². The smallest absolute Gasteiger partial charge is 0.0414 e. The van der Waals surface area contributed by atoms with E-state index in [2.05, 4.69) is 20.8 Å². The zero-order valence-corrected chi connectivity index (χ0v) is 24.8. The topological polar surface area (TPSA) is 0 Å². The Labute approximate surface area is 219 Å². The molecule has 0 aromatic heterocycles. The Bertz CT molecular complexity index is 333. The maximum absolute atomic E-state index is 2.39. The lowest BCUT2D eigenvalue weighted by atomic mass is 9.90. The lowest BCUT2D eigenvalue weighted by Crippen LogP contribution is -2.00. The third kappa shape index (κ3) is 28.2. The average Bonchev–Trinajstić information content (AvgIpc) is 2.84. The first-order valence-corrected chi connectivity index (χ1v) is 16.8. The van der Waals surface area contributed by atoms with E-state index in [9.17, 15) is 0 Å². The van der Waals surface area contributed by atoms with E-state index in [1.165, 1.54) is 193 Å². The van der Waals surface area contributed by atoms with E-state index in [4.69, 9.17) is 0 Å². The molecule has 0 aromatic carbocycles. The normalized spacial score (nSPS) is 12.4. The Morgan fingerprint density at radius 3 is 0.706 bits per heavy atom. The van der Waals surface area contributed by atoms with Gasteiger partial charge in [-0.3, -0.25) is 0 Å². The summed E-state index contributed by atoms with van der Waals surface area (Å²) in [5.41, 5.74) is 0. The van der Waals surface area contributed by atoms with E-state index < -0.39 is 0 Å². The number of hydrogen-bond acceptors (Lipinski definition) is 0. The summed E-state index contributed by atoms with van der Waals surface area (Å²) >= 11 is 0. The van der Waals surface area contributed by atoms with Gasteiger partial charge in [0, 0.05) is 0 Å². The molecule has 1 unspecified atom stereocenters. The van der Waals surface area contributed by atoms with E-state index in [1.54, 1.807) is 0 Å². The molecule has 0 amide bonds. The van der Waals surface area contributed by atoms with Gasteiger partial charge in [-0.25, -0.2) is 0 Å². The van der Waals surface area contributed by atoms with Crippen molar-refractivity contribution in [2.24, 2.45) is 5.92 Å². The first-order valence-electron chi connectivity index (χ1n) is 16.8. The van der Waals surface area contributed by atoms with Crippen molar-refractivity contribution in [2.45, 2.75) is 213 Å². The minimum absolute atomic E-state index is 1.03. The van der Waals surface area contributed by atoms with Crippen molar-refractivity contribution in [1.82, 2.24) is 0 Å². The molecule has 0 aliphatic rings. The van der Waals surface area contributed by atoms with Gasteiger partial charge in [0.25, 0.3) is 0 Å². The van der Waals surface area contributed by atoms with E-state index in [0.29, 0.717) is 0 Å². The summed E-state index contributed by atoms with van der Waals surface area (Å²) in [6.45, 7) is 7.01. The summed E-state index contributed by atoms with van der Waals surface area (Å²) in [4.78, 5) is 0. The van der Waals surface area contributed by atoms with Gasteiger partial charge >= 0.3 is 0 Å². The fourth-order valence-electron chi connectivity index (χ4n) is 5.74. The van der Waals surface area contributed by atoms with Gasteiger partial charge in [0.15, 0.2) is 0 Å². The molecule has 0 bridgehead atoms. The molecular weight excluding hydrogens is 408 g/mol. The quantitative estimate of drug-likeness (QED) is 0.0900. The van der Waals surface area contributed by atoms with Gasteiger partial charge < -0.3 is 0 Å². The second kappa shape index (κ2) is 31.0. The second-order valence-corrected chi connectivity index (χ2v) is 11.7. The van der Waals surface area contributed by atoms with Crippen molar-refractivity contribution in [3.63, 3.8) is 0 Å². The standard InChI is InChI=1S/C34H70/c1-4-7-9-11-13-15-17-19-20-22-24-26-28-30-33-34(31-6-3)32-29-27-25-23-21-18-16-14-12-10-8-5-2/h34H,4-33H2,1-3H3. The van der Waals surface area contributed by atoms with E-state index >= 15 is 0 Å². The van der Waals surface area contributed by atoms with Crippen LogP contribution in [0, 0.1) is 5.92 Å². The number of unbranched alkanes of at least 4 members (excludes halogenated alkanes) is 24. The molecule has 0 aliphatic carbocycles. The van der Waals surface area contributed by atoms with Crippen molar-refractivity contribution in [2.75, 3.05) is 0 Å². The lowest BCUT2D eigenvalue weighted by Gasteiger charge is -2.16. The summed E-state index contributed by atoms with van der Waals surface area (Å²) < 4.78 is 0. The Morgan fingerprint density at radius 1 is 0.235 bits per heavy atom. The van der Waals surface area contributed by atoms with Gasteiger partial charge in [-0.1, -0.05) is 213 Å². The molecule has 0 heterocycles. The lowest BCUT2D eigenvalue weighted by molar-refractivity contribution is 0.376. The van der Waals surface area contributed by atoms with Crippen LogP contribution in [0.5, 0.6) is 0 Å². The first kappa shape index (κ1) is 34.0. The Morgan fingerprint density at radius 2 is 0.471 bits per heavy atom. The predicted molar refractivity (Wildman–Crippen MR) is 159 cm³/mol. The van der Waals surface area contributed by atoms with Crippen LogP contribution in [0.2, 0.25) is 0 Å². The van der Waals surface area contributed by atoms with Gasteiger partial charge in [-0.05, 0) is 5.92 Å². The van der Waals surface area contributed by atoms with Crippen LogP contribution < -0.4 is 0 Å². The molecule has 206 valence electrons. The third-order valence-electron chi connectivity index (χ3n) is 8.13. The molecule has 0 N–H and O–H groups in total. The van der Waals surface area contributed by atoms with Gasteiger partial charge in [0.1, 0.15) is 0 Å². The summed E-state index contributed by atoms with van der Waals surface area (Å²) in [6.07, 6.45) is 44.3. The molecule has 0 saturated heterocycles. The SMILES string of the molecule is CCCCCCCCCCCCCCCCC(CCC)CCCCCCCCCCCCCC. The molecule has 0 saturated carbocycles. The highest BCUT2D eigenvalue weighted by atomic mass is 14.1. The van der Waals surface area contributed by atoms with Crippen LogP contribution in [0.15, 0.2) is 0 Å². The van der Waals surface area contributed by atoms with Gasteiger partial charge in [-0.2, -0.15) is 0 Å². The fraction of sp³-hybridized carbons (Fsp3) is 1.00. The highest BCUT2D eigenvalue weighted by molar-refractivity contribution is 4.61. The largest absolute Gasteiger partial charge is 0.0654 e. The van der Waals surface area contributed by atoms with Crippen LogP contribution in [-0.2, 0) is 0 Å². The Hall–Kier alpha value is 0. The molecule has 0 rings (SSSR count). The Balaban J connectivity index is 3.37. The second-order valence-electron chi connectivity index (χ2n) is 11.7. The number of rotatable bonds is 30. The minimum atomic E-state index is 1.03. The molecule has 34 heavy (non-hydrogen) atoms. The fourth-order valence-corrected chi connectivity index (χ4v) is 5.74. The molecule has 0 spiro atoms. The summed E-state index contributed by atoms with van der Waals surface area (Å²) in [7, 11) is 0. The summed E-state index contributed by atoms with van der Waals surface area (Å²) in [6, 6.07) is 0. The highest BCUT2D eigenvalue weighted by Crippen LogP contribution is 2.23. The molecule has 0 aromatic rings. The maximum Gasteiger partial charge on any atom is -0.0414 e. The van der Waals surface area contributed by atoms with Crippen molar-refractivity contribution in [1.29, 1.82) is 0 Å². The van der Waals surface area contributed by atoms with Crippen LogP contribution in [0.1, 0.15) is 213 Å². The first-order chi connectivity index (χ1) is 16.8. The molecule has 0 heteroatoms.